The Morgan fingerprint density at radius 2 is 0.651 bits per heavy atom. The summed E-state index contributed by atoms with van der Waals surface area (Å²) in [6.45, 7) is 4.42. The van der Waals surface area contributed by atoms with Gasteiger partial charge >= 0.3 is 11.9 Å². The molecule has 0 saturated carbocycles. The van der Waals surface area contributed by atoms with Gasteiger partial charge in [-0.25, -0.2) is 0 Å². The number of likely N-dealkylation sites (N-methyl/N-ethyl adjacent to an activating group) is 1. The van der Waals surface area contributed by atoms with Crippen molar-refractivity contribution in [1.29, 1.82) is 0 Å². The number of carboxylic acids is 1. The predicted molar refractivity (Wildman–Crippen MR) is 351 cm³/mol. The standard InChI is InChI=1S/C74H113NO8/c1-6-8-10-12-14-16-18-20-22-24-25-26-27-28-29-30-31-32-33-34-35-36-37-38-39-40-41-42-43-44-45-46-47-49-51-53-55-57-59-61-63-65-72(77)83-70(69-82-74(73(78)79)80-67-66-75(3,4)5)68-81-71(76)64-62-60-58-56-54-52-50-48-23-21-19-17-15-13-11-9-7-2/h8-11,14-17,20-23,25-26,28-29,31-32,34-35,37-38,40-41,43-44,46-47,50-53,70,74H,6-7,12-13,18-19,24,27,30,33,36,39,42,45,48-49,54-69H2,1-5H3/b10-8-,11-9-,16-14-,17-15-,22-20-,23-21-,26-25-,29-28-,32-31-,35-34-,38-37-,41-40-,44-43-,47-46-,52-50-,53-51-. The van der Waals surface area contributed by atoms with Gasteiger partial charge in [-0.1, -0.05) is 234 Å². The summed E-state index contributed by atoms with van der Waals surface area (Å²) in [5.41, 5.74) is 0. The third kappa shape index (κ3) is 63.6. The van der Waals surface area contributed by atoms with Crippen LogP contribution in [0.25, 0.3) is 0 Å². The Balaban J connectivity index is 4.29. The number of allylic oxidation sites excluding steroid dienone is 32. The van der Waals surface area contributed by atoms with Gasteiger partial charge < -0.3 is 33.3 Å². The second kappa shape index (κ2) is 62.2. The lowest BCUT2D eigenvalue weighted by Crippen LogP contribution is -2.44. The molecule has 0 aliphatic carbocycles. The minimum Gasteiger partial charge on any atom is -0.545 e. The third-order valence-electron chi connectivity index (χ3n) is 12.3. The van der Waals surface area contributed by atoms with Crippen LogP contribution in [-0.4, -0.2) is 82.3 Å². The molecule has 0 radical (unpaired) electrons. The van der Waals surface area contributed by atoms with Gasteiger partial charge in [-0.3, -0.25) is 9.59 Å². The molecule has 0 fully saturated rings. The highest BCUT2D eigenvalue weighted by molar-refractivity contribution is 5.70. The number of aliphatic carboxylic acids is 1. The summed E-state index contributed by atoms with van der Waals surface area (Å²) in [4.78, 5) is 37.3. The molecule has 0 aromatic carbocycles. The van der Waals surface area contributed by atoms with Crippen LogP contribution in [0.4, 0.5) is 0 Å². The summed E-state index contributed by atoms with van der Waals surface area (Å²) in [6.07, 6.45) is 93.5. The lowest BCUT2D eigenvalue weighted by Gasteiger charge is -2.26. The first kappa shape index (κ1) is 77.1. The number of unbranched alkanes of at least 4 members (excludes halogenated alkanes) is 8. The second-order valence-corrected chi connectivity index (χ2v) is 21.2. The van der Waals surface area contributed by atoms with Crippen LogP contribution in [-0.2, 0) is 33.3 Å². The molecule has 0 heterocycles. The number of hydrogen-bond donors (Lipinski definition) is 0. The molecule has 0 amide bonds. The van der Waals surface area contributed by atoms with Crippen LogP contribution >= 0.6 is 0 Å². The lowest BCUT2D eigenvalue weighted by molar-refractivity contribution is -0.870. The van der Waals surface area contributed by atoms with Crippen molar-refractivity contribution in [1.82, 2.24) is 0 Å². The molecule has 462 valence electrons. The number of carbonyl (C=O) groups excluding carboxylic acids is 3. The van der Waals surface area contributed by atoms with Crippen LogP contribution in [0.15, 0.2) is 194 Å². The van der Waals surface area contributed by atoms with Crippen LogP contribution in [0.1, 0.15) is 194 Å². The number of nitrogens with zero attached hydrogens (tertiary/aromatic N) is 1. The molecule has 2 unspecified atom stereocenters. The van der Waals surface area contributed by atoms with E-state index in [0.717, 1.165) is 154 Å². The van der Waals surface area contributed by atoms with Crippen molar-refractivity contribution < 1.29 is 42.9 Å². The predicted octanol–water partition coefficient (Wildman–Crippen LogP) is 18.1. The molecule has 83 heavy (non-hydrogen) atoms. The number of hydrogen-bond acceptors (Lipinski definition) is 8. The van der Waals surface area contributed by atoms with Crippen molar-refractivity contribution >= 4 is 17.9 Å². The fourth-order valence-electron chi connectivity index (χ4n) is 7.56. The molecule has 9 heteroatoms. The third-order valence-corrected chi connectivity index (χ3v) is 12.3. The number of esters is 2. The molecule has 0 rings (SSSR count). The van der Waals surface area contributed by atoms with Gasteiger partial charge in [-0.05, 0) is 141 Å². The Hall–Kier alpha value is -5.87. The minimum absolute atomic E-state index is 0.127. The highest BCUT2D eigenvalue weighted by Gasteiger charge is 2.22. The van der Waals surface area contributed by atoms with Crippen molar-refractivity contribution in [2.24, 2.45) is 0 Å². The van der Waals surface area contributed by atoms with Crippen LogP contribution in [0.3, 0.4) is 0 Å². The molecule has 0 aromatic heterocycles. The van der Waals surface area contributed by atoms with E-state index in [2.05, 4.69) is 208 Å². The average molecular weight is 1140 g/mol. The summed E-state index contributed by atoms with van der Waals surface area (Å²) >= 11 is 0. The van der Waals surface area contributed by atoms with Crippen molar-refractivity contribution in [2.75, 3.05) is 47.5 Å². The van der Waals surface area contributed by atoms with Gasteiger partial charge in [0.2, 0.25) is 0 Å². The topological polar surface area (TPSA) is 111 Å². The maximum Gasteiger partial charge on any atom is 0.306 e. The van der Waals surface area contributed by atoms with E-state index in [-0.39, 0.29) is 32.7 Å². The zero-order chi connectivity index (χ0) is 60.5. The summed E-state index contributed by atoms with van der Waals surface area (Å²) in [7, 11) is 5.89. The number of carboxylic acid groups (broad SMARTS) is 1. The van der Waals surface area contributed by atoms with E-state index in [4.69, 9.17) is 18.9 Å². The first-order valence-electron chi connectivity index (χ1n) is 31.6. The van der Waals surface area contributed by atoms with Gasteiger partial charge in [0.15, 0.2) is 12.4 Å². The molecule has 0 aliphatic heterocycles. The molecular weight excluding hydrogens is 1030 g/mol. The van der Waals surface area contributed by atoms with Crippen LogP contribution in [0, 0.1) is 0 Å². The highest BCUT2D eigenvalue weighted by Crippen LogP contribution is 2.12. The Morgan fingerprint density at radius 1 is 0.361 bits per heavy atom. The van der Waals surface area contributed by atoms with Gasteiger partial charge in [0.05, 0.1) is 40.3 Å². The molecule has 0 bridgehead atoms. The van der Waals surface area contributed by atoms with Crippen LogP contribution < -0.4 is 5.11 Å². The van der Waals surface area contributed by atoms with Gasteiger partial charge in [-0.2, -0.15) is 0 Å². The largest absolute Gasteiger partial charge is 0.545 e. The quantitative estimate of drug-likeness (QED) is 0.0195. The number of carbonyl (C=O) groups is 3. The highest BCUT2D eigenvalue weighted by atomic mass is 16.7. The minimum atomic E-state index is -1.65. The normalized spacial score (nSPS) is 14.1. The Morgan fingerprint density at radius 3 is 0.952 bits per heavy atom. The molecular formula is C74H113NO8. The first-order chi connectivity index (χ1) is 40.6. The number of rotatable bonds is 55. The number of ether oxygens (including phenoxy) is 4. The molecule has 0 aromatic rings. The molecule has 2 atom stereocenters. The van der Waals surface area contributed by atoms with Gasteiger partial charge in [0.1, 0.15) is 13.2 Å². The first-order valence-corrected chi connectivity index (χ1v) is 31.6. The lowest BCUT2D eigenvalue weighted by atomic mass is 10.1. The fraction of sp³-hybridized carbons (Fsp3) is 0.527. The maximum atomic E-state index is 12.9. The summed E-state index contributed by atoms with van der Waals surface area (Å²) in [5, 5.41) is 11.8. The van der Waals surface area contributed by atoms with E-state index in [1.807, 2.05) is 21.1 Å². The summed E-state index contributed by atoms with van der Waals surface area (Å²) in [6, 6.07) is 0. The zero-order valence-corrected chi connectivity index (χ0v) is 52.5. The maximum absolute atomic E-state index is 12.9. The monoisotopic (exact) mass is 1140 g/mol. The Bertz CT molecular complexity index is 2060. The van der Waals surface area contributed by atoms with E-state index >= 15 is 0 Å². The average Bonchev–Trinajstić information content (AvgIpc) is 3.46. The SMILES string of the molecule is CC/C=C\C/C=C\C/C=C\C/C=C\C/C=C\C/C=C\C/C=C\C/C=C\C/C=C\C/C=C\C/C=C\C/C=C\CCCCCCC(=O)OC(COC(=O)CCCCCC/C=C\C/C=C\C/C=C\C/C=C\CC)COC(OCC[N+](C)(C)C)C(=O)[O-]. The molecule has 0 spiro atoms. The smallest absolute Gasteiger partial charge is 0.306 e. The van der Waals surface area contributed by atoms with E-state index in [0.29, 0.717) is 23.9 Å². The van der Waals surface area contributed by atoms with Gasteiger partial charge in [0, 0.05) is 12.8 Å². The molecule has 9 nitrogen and oxygen atoms in total. The van der Waals surface area contributed by atoms with E-state index < -0.39 is 30.3 Å². The second-order valence-electron chi connectivity index (χ2n) is 21.2. The van der Waals surface area contributed by atoms with Crippen molar-refractivity contribution in [3.63, 3.8) is 0 Å². The number of quaternary nitrogens is 1. The fourth-order valence-corrected chi connectivity index (χ4v) is 7.56. The van der Waals surface area contributed by atoms with Crippen molar-refractivity contribution in [3.05, 3.63) is 194 Å². The van der Waals surface area contributed by atoms with E-state index in [9.17, 15) is 19.5 Å². The Labute approximate surface area is 506 Å². The Kier molecular flexibility index (Phi) is 57.8. The van der Waals surface area contributed by atoms with Crippen LogP contribution in [0.5, 0.6) is 0 Å². The molecule has 0 N–H and O–H groups in total. The van der Waals surface area contributed by atoms with Crippen molar-refractivity contribution in [3.8, 4) is 0 Å². The molecule has 0 saturated heterocycles. The van der Waals surface area contributed by atoms with E-state index in [1.165, 1.54) is 0 Å². The zero-order valence-electron chi connectivity index (χ0n) is 52.5. The summed E-state index contributed by atoms with van der Waals surface area (Å²) < 4.78 is 22.6. The molecule has 0 aliphatic rings. The van der Waals surface area contributed by atoms with Gasteiger partial charge in [-0.15, -0.1) is 0 Å². The van der Waals surface area contributed by atoms with Gasteiger partial charge in [0.25, 0.3) is 0 Å². The van der Waals surface area contributed by atoms with Crippen LogP contribution in [0.2, 0.25) is 0 Å². The summed E-state index contributed by atoms with van der Waals surface area (Å²) in [5.74, 6) is -2.38. The van der Waals surface area contributed by atoms with Crippen molar-refractivity contribution in [2.45, 2.75) is 206 Å². The van der Waals surface area contributed by atoms with E-state index in [1.54, 1.807) is 0 Å².